The maximum Gasteiger partial charge on any atom is 0.512 e. The van der Waals surface area contributed by atoms with Crippen LogP contribution in [0.1, 0.15) is 0 Å². The van der Waals surface area contributed by atoms with E-state index in [-0.39, 0.29) is 0 Å². The van der Waals surface area contributed by atoms with Crippen molar-refractivity contribution in [3.8, 4) is 0 Å². The molecule has 0 aliphatic rings. The molecule has 0 spiro atoms. The highest BCUT2D eigenvalue weighted by Crippen LogP contribution is 2.48. The van der Waals surface area contributed by atoms with Gasteiger partial charge in [-0.05, 0) is 0 Å². The van der Waals surface area contributed by atoms with Crippen LogP contribution >= 0.6 is 12.6 Å². The Morgan fingerprint density at radius 3 is 0.885 bits per heavy atom. The number of alkyl halides is 13. The van der Waals surface area contributed by atoms with Gasteiger partial charge in [-0.25, -0.2) is 16.8 Å². The highest BCUT2D eigenvalue weighted by Gasteiger charge is 2.71. The first-order chi connectivity index (χ1) is 10.7. The van der Waals surface area contributed by atoms with Crippen LogP contribution in [0.15, 0.2) is 0 Å². The van der Waals surface area contributed by atoms with Gasteiger partial charge in [0.1, 0.15) is 0 Å². The molecule has 0 saturated carbocycles. The molecule has 0 saturated heterocycles. The number of rotatable bonds is 3. The van der Waals surface area contributed by atoms with E-state index >= 15 is 0 Å². The molecule has 0 heterocycles. The summed E-state index contributed by atoms with van der Waals surface area (Å²) >= 11 is 1.83. The molecule has 0 amide bonds. The molecule has 26 heavy (non-hydrogen) atoms. The second-order valence-electron chi connectivity index (χ2n) is 3.60. The minimum atomic E-state index is -6.60. The summed E-state index contributed by atoms with van der Waals surface area (Å²) in [4.78, 5) is 0. The van der Waals surface area contributed by atoms with E-state index in [9.17, 15) is 73.9 Å². The first kappa shape index (κ1) is 27.5. The van der Waals surface area contributed by atoms with E-state index in [0.29, 0.717) is 0 Å². The zero-order valence-electron chi connectivity index (χ0n) is 10.8. The summed E-state index contributed by atoms with van der Waals surface area (Å²) in [5.74, 6) is -6.09. The van der Waals surface area contributed by atoms with Crippen molar-refractivity contribution in [1.29, 1.82) is 0 Å². The summed E-state index contributed by atoms with van der Waals surface area (Å²) in [7, 11) is -13.2. The zero-order valence-corrected chi connectivity index (χ0v) is 13.3. The Bertz CT molecular complexity index is 621. The average Bonchev–Trinajstić information content (AvgIpc) is 2.21. The van der Waals surface area contributed by atoms with Crippen molar-refractivity contribution < 1.29 is 73.9 Å². The molecule has 0 atom stereocenters. The lowest BCUT2D eigenvalue weighted by Crippen LogP contribution is -2.48. The number of halogens is 13. The number of hydrogen-bond acceptors (Lipinski definition) is 5. The molecule has 0 radical (unpaired) electrons. The second-order valence-corrected chi connectivity index (χ2v) is 7.76. The van der Waals surface area contributed by atoms with Crippen LogP contribution in [0, 0.1) is 0 Å². The van der Waals surface area contributed by atoms with Crippen LogP contribution in [-0.2, 0) is 20.0 Å². The third-order valence-corrected chi connectivity index (χ3v) is 4.82. The molecule has 0 aromatic rings. The van der Waals surface area contributed by atoms with Gasteiger partial charge in [-0.1, -0.05) is 16.8 Å². The van der Waals surface area contributed by atoms with Crippen molar-refractivity contribution >= 4 is 32.7 Å². The van der Waals surface area contributed by atoms with E-state index in [4.69, 9.17) is 0 Å². The van der Waals surface area contributed by atoms with E-state index in [1.54, 1.807) is 0 Å². The van der Waals surface area contributed by atoms with Gasteiger partial charge < -0.3 is 0 Å². The topological polar surface area (TPSA) is 80.3 Å². The van der Waals surface area contributed by atoms with Gasteiger partial charge in [-0.15, -0.1) is 0 Å². The molecule has 0 aliphatic carbocycles. The molecule has 0 aromatic heterocycles. The quantitative estimate of drug-likeness (QED) is 0.478. The number of sulfonamides is 2. The van der Waals surface area contributed by atoms with Crippen molar-refractivity contribution in [3.63, 3.8) is 0 Å². The van der Waals surface area contributed by atoms with Crippen LogP contribution in [0.2, 0.25) is 0 Å². The molecule has 0 aromatic carbocycles. The van der Waals surface area contributed by atoms with Crippen molar-refractivity contribution in [1.82, 2.24) is 4.13 Å². The molecule has 5 nitrogen and oxygen atoms in total. The number of nitrogens with one attached hydrogen (secondary N) is 1. The maximum atomic E-state index is 11.5. The van der Waals surface area contributed by atoms with Gasteiger partial charge in [0.05, 0.1) is 0 Å². The van der Waals surface area contributed by atoms with E-state index in [1.807, 2.05) is 12.6 Å². The highest BCUT2D eigenvalue weighted by molar-refractivity contribution is 8.05. The SMILES string of the molecule is FC(F)(F)C(F)(F)C(F)(F)S.O=S(=O)(NS(=O)(=O)C(F)(F)F)C(F)(F)F. The zero-order chi connectivity index (χ0) is 22.2. The molecule has 0 unspecified atom stereocenters. The Balaban J connectivity index is 0. The normalized spacial score (nSPS) is 15.3. The average molecular weight is 483 g/mol. The van der Waals surface area contributed by atoms with Crippen LogP contribution < -0.4 is 4.13 Å². The third kappa shape index (κ3) is 6.79. The highest BCUT2D eigenvalue weighted by atomic mass is 32.3. The summed E-state index contributed by atoms with van der Waals surface area (Å²) in [5.41, 5.74) is -12.3. The summed E-state index contributed by atoms with van der Waals surface area (Å²) in [6.45, 7) is 0. The first-order valence-corrected chi connectivity index (χ1v) is 8.08. The van der Waals surface area contributed by atoms with Crippen molar-refractivity contribution in [3.05, 3.63) is 0 Å². The molecule has 0 rings (SSSR count). The minimum absolute atomic E-state index is 0.493. The Kier molecular flexibility index (Phi) is 7.80. The molecular formula is C5H2F13NO4S3. The molecule has 0 bridgehead atoms. The predicted molar refractivity (Wildman–Crippen MR) is 58.0 cm³/mol. The van der Waals surface area contributed by atoms with E-state index < -0.39 is 52.5 Å². The summed E-state index contributed by atoms with van der Waals surface area (Å²) < 4.78 is 187. The fourth-order valence-corrected chi connectivity index (χ4v) is 2.45. The lowest BCUT2D eigenvalue weighted by atomic mass is 10.3. The largest absolute Gasteiger partial charge is 0.512 e. The standard InChI is InChI=1S/C3HF7S.C2HF6NO4S2/c4-1(5,2(6,7)8)3(9,10)11;3-1(4,5)14(10,11)9-15(12,13)2(6,7)8/h11H;9H. The fourth-order valence-electron chi connectivity index (χ4n) is 0.409. The van der Waals surface area contributed by atoms with Gasteiger partial charge in [0, 0.05) is 0 Å². The maximum absolute atomic E-state index is 11.5. The molecule has 160 valence electrons. The van der Waals surface area contributed by atoms with Gasteiger partial charge in [0.2, 0.25) is 0 Å². The van der Waals surface area contributed by atoms with Crippen molar-refractivity contribution in [2.75, 3.05) is 0 Å². The van der Waals surface area contributed by atoms with Gasteiger partial charge >= 0.3 is 48.4 Å². The predicted octanol–water partition coefficient (Wildman–Crippen LogP) is 2.98. The lowest BCUT2D eigenvalue weighted by Gasteiger charge is -2.23. The molecule has 0 aliphatic heterocycles. The summed E-state index contributed by atoms with van der Waals surface area (Å²) in [5, 5.41) is -5.38. The Morgan fingerprint density at radius 2 is 0.808 bits per heavy atom. The Labute approximate surface area is 140 Å². The van der Waals surface area contributed by atoms with Crippen LogP contribution in [0.4, 0.5) is 57.1 Å². The lowest BCUT2D eigenvalue weighted by molar-refractivity contribution is -0.329. The number of thiol groups is 1. The van der Waals surface area contributed by atoms with Gasteiger partial charge in [-0.2, -0.15) is 57.1 Å². The first-order valence-electron chi connectivity index (χ1n) is 4.66. The Morgan fingerprint density at radius 1 is 0.577 bits per heavy atom. The van der Waals surface area contributed by atoms with Crippen LogP contribution in [0.3, 0.4) is 0 Å². The number of hydrogen-bond donors (Lipinski definition) is 2. The van der Waals surface area contributed by atoms with Gasteiger partial charge in [0.15, 0.2) is 0 Å². The van der Waals surface area contributed by atoms with Crippen molar-refractivity contribution in [2.24, 2.45) is 0 Å². The van der Waals surface area contributed by atoms with E-state index in [2.05, 4.69) is 0 Å². The van der Waals surface area contributed by atoms with Gasteiger partial charge in [0.25, 0.3) is 0 Å². The van der Waals surface area contributed by atoms with Crippen molar-refractivity contribution in [2.45, 2.75) is 28.4 Å². The smallest absolute Gasteiger partial charge is 0.202 e. The third-order valence-electron chi connectivity index (χ3n) is 1.56. The van der Waals surface area contributed by atoms with Crippen LogP contribution in [0.25, 0.3) is 0 Å². The molecular weight excluding hydrogens is 481 g/mol. The minimum Gasteiger partial charge on any atom is -0.202 e. The summed E-state index contributed by atoms with van der Waals surface area (Å²) in [6.07, 6.45) is -6.28. The molecule has 0 fully saturated rings. The second kappa shape index (κ2) is 7.37. The Hall–Kier alpha value is -0.700. The monoisotopic (exact) mass is 483 g/mol. The molecule has 21 heteroatoms. The van der Waals surface area contributed by atoms with Gasteiger partial charge in [-0.3, -0.25) is 0 Å². The fraction of sp³-hybridized carbons (Fsp3) is 1.00. The van der Waals surface area contributed by atoms with E-state index in [0.717, 1.165) is 0 Å². The van der Waals surface area contributed by atoms with E-state index in [1.165, 1.54) is 0 Å². The van der Waals surface area contributed by atoms with Crippen LogP contribution in [-0.4, -0.2) is 45.2 Å². The molecule has 1 N–H and O–H groups in total. The van der Waals surface area contributed by atoms with Crippen LogP contribution in [0.5, 0.6) is 0 Å². The summed E-state index contributed by atoms with van der Waals surface area (Å²) in [6, 6.07) is 0.